The molecule has 20 heavy (non-hydrogen) atoms. The predicted octanol–water partition coefficient (Wildman–Crippen LogP) is 2.76. The van der Waals surface area contributed by atoms with E-state index in [1.165, 1.54) is 12.1 Å². The molecule has 4 heteroatoms. The van der Waals surface area contributed by atoms with Gasteiger partial charge >= 0.3 is 0 Å². The highest BCUT2D eigenvalue weighted by molar-refractivity contribution is 5.76. The van der Waals surface area contributed by atoms with E-state index in [1.54, 1.807) is 12.1 Å². The van der Waals surface area contributed by atoms with Gasteiger partial charge in [-0.25, -0.2) is 9.37 Å². The summed E-state index contributed by atoms with van der Waals surface area (Å²) in [5, 5.41) is 0. The van der Waals surface area contributed by atoms with Crippen molar-refractivity contribution in [2.24, 2.45) is 12.8 Å². The van der Waals surface area contributed by atoms with Crippen LogP contribution in [0.5, 0.6) is 0 Å². The van der Waals surface area contributed by atoms with Crippen molar-refractivity contribution in [3.8, 4) is 0 Å². The van der Waals surface area contributed by atoms with Gasteiger partial charge in [-0.2, -0.15) is 0 Å². The normalized spacial score (nSPS) is 11.2. The Bertz CT molecular complexity index is 744. The Morgan fingerprint density at radius 1 is 1.10 bits per heavy atom. The van der Waals surface area contributed by atoms with Crippen LogP contribution in [-0.4, -0.2) is 9.55 Å². The summed E-state index contributed by atoms with van der Waals surface area (Å²) >= 11 is 0. The lowest BCUT2D eigenvalue weighted by Crippen LogP contribution is -1.99. The number of nitrogens with zero attached hydrogens (tertiary/aromatic N) is 2. The molecule has 0 amide bonds. The Morgan fingerprint density at radius 2 is 1.80 bits per heavy atom. The van der Waals surface area contributed by atoms with Gasteiger partial charge in [-0.1, -0.05) is 18.2 Å². The fourth-order valence-corrected chi connectivity index (χ4v) is 2.37. The molecule has 0 fully saturated rings. The summed E-state index contributed by atoms with van der Waals surface area (Å²) in [5.41, 5.74) is 9.81. The van der Waals surface area contributed by atoms with Gasteiger partial charge in [0.2, 0.25) is 0 Å². The second-order valence-corrected chi connectivity index (χ2v) is 4.92. The molecule has 2 N–H and O–H groups in total. The van der Waals surface area contributed by atoms with E-state index in [-0.39, 0.29) is 5.82 Å². The lowest BCUT2D eigenvalue weighted by molar-refractivity contribution is 0.627. The van der Waals surface area contributed by atoms with Crippen molar-refractivity contribution in [1.82, 2.24) is 9.55 Å². The quantitative estimate of drug-likeness (QED) is 0.794. The lowest BCUT2D eigenvalue weighted by Gasteiger charge is -2.03. The summed E-state index contributed by atoms with van der Waals surface area (Å²) in [6.45, 7) is 0.514. The largest absolute Gasteiger partial charge is 0.331 e. The molecule has 0 aliphatic carbocycles. The Balaban J connectivity index is 1.99. The van der Waals surface area contributed by atoms with Crippen molar-refractivity contribution in [2.45, 2.75) is 13.0 Å². The first-order valence-corrected chi connectivity index (χ1v) is 6.56. The molecule has 1 aromatic heterocycles. The summed E-state index contributed by atoms with van der Waals surface area (Å²) in [6, 6.07) is 12.6. The number of aryl methyl sites for hydroxylation is 1. The van der Waals surface area contributed by atoms with Gasteiger partial charge in [-0.05, 0) is 35.4 Å². The molecule has 0 unspecified atom stereocenters. The smallest absolute Gasteiger partial charge is 0.123 e. The first-order chi connectivity index (χ1) is 9.67. The molecule has 0 saturated heterocycles. The van der Waals surface area contributed by atoms with Crippen molar-refractivity contribution in [2.75, 3.05) is 0 Å². The Hall–Kier alpha value is -2.20. The van der Waals surface area contributed by atoms with Gasteiger partial charge < -0.3 is 10.3 Å². The molecule has 3 nitrogen and oxygen atoms in total. The third kappa shape index (κ3) is 2.30. The number of hydrogen-bond donors (Lipinski definition) is 1. The second-order valence-electron chi connectivity index (χ2n) is 4.92. The molecule has 0 atom stereocenters. The Morgan fingerprint density at radius 3 is 2.50 bits per heavy atom. The minimum absolute atomic E-state index is 0.216. The van der Waals surface area contributed by atoms with Gasteiger partial charge in [0.15, 0.2) is 0 Å². The van der Waals surface area contributed by atoms with E-state index in [2.05, 4.69) is 9.55 Å². The zero-order chi connectivity index (χ0) is 14.1. The summed E-state index contributed by atoms with van der Waals surface area (Å²) in [5.74, 6) is 0.743. The van der Waals surface area contributed by atoms with Crippen LogP contribution in [0.4, 0.5) is 4.39 Å². The van der Waals surface area contributed by atoms with Crippen LogP contribution in [0.1, 0.15) is 17.0 Å². The number of aromatic nitrogens is 2. The van der Waals surface area contributed by atoms with Crippen molar-refractivity contribution >= 4 is 11.0 Å². The molecular formula is C16H16FN3. The second kappa shape index (κ2) is 5.06. The van der Waals surface area contributed by atoms with Crippen LogP contribution in [0.15, 0.2) is 42.5 Å². The number of imidazole rings is 1. The summed E-state index contributed by atoms with van der Waals surface area (Å²) < 4.78 is 15.0. The van der Waals surface area contributed by atoms with E-state index in [0.29, 0.717) is 13.0 Å². The van der Waals surface area contributed by atoms with Crippen LogP contribution in [0.25, 0.3) is 11.0 Å². The van der Waals surface area contributed by atoms with Crippen LogP contribution >= 0.6 is 0 Å². The van der Waals surface area contributed by atoms with Crippen molar-refractivity contribution in [3.63, 3.8) is 0 Å². The number of rotatable bonds is 3. The fourth-order valence-electron chi connectivity index (χ4n) is 2.37. The van der Waals surface area contributed by atoms with Gasteiger partial charge in [0.1, 0.15) is 11.6 Å². The zero-order valence-corrected chi connectivity index (χ0v) is 11.3. The molecule has 1 heterocycles. The maximum Gasteiger partial charge on any atom is 0.123 e. The number of fused-ring (bicyclic) bond motifs is 1. The maximum atomic E-state index is 12.9. The average molecular weight is 269 g/mol. The third-order valence-corrected chi connectivity index (χ3v) is 3.55. The van der Waals surface area contributed by atoms with E-state index in [9.17, 15) is 4.39 Å². The van der Waals surface area contributed by atoms with Crippen molar-refractivity contribution in [1.29, 1.82) is 0 Å². The maximum absolute atomic E-state index is 12.9. The minimum Gasteiger partial charge on any atom is -0.331 e. The zero-order valence-electron chi connectivity index (χ0n) is 11.3. The van der Waals surface area contributed by atoms with Crippen LogP contribution < -0.4 is 5.73 Å². The standard InChI is InChI=1S/C16H16FN3/c1-20-15-7-4-12(10-18)8-14(15)19-16(20)9-11-2-5-13(17)6-3-11/h2-8H,9-10,18H2,1H3. The highest BCUT2D eigenvalue weighted by Crippen LogP contribution is 2.19. The van der Waals surface area contributed by atoms with E-state index in [4.69, 9.17) is 5.73 Å². The van der Waals surface area contributed by atoms with E-state index in [0.717, 1.165) is 28.0 Å². The first-order valence-electron chi connectivity index (χ1n) is 6.56. The van der Waals surface area contributed by atoms with Crippen molar-refractivity contribution < 1.29 is 4.39 Å². The van der Waals surface area contributed by atoms with Gasteiger partial charge in [0.25, 0.3) is 0 Å². The number of hydrogen-bond acceptors (Lipinski definition) is 2. The Labute approximate surface area is 116 Å². The molecule has 0 radical (unpaired) electrons. The lowest BCUT2D eigenvalue weighted by atomic mass is 10.1. The number of nitrogens with two attached hydrogens (primary N) is 1. The Kier molecular flexibility index (Phi) is 3.24. The number of benzene rings is 2. The van der Waals surface area contributed by atoms with Crippen molar-refractivity contribution in [3.05, 3.63) is 65.2 Å². The highest BCUT2D eigenvalue weighted by Gasteiger charge is 2.09. The average Bonchev–Trinajstić information content (AvgIpc) is 2.77. The molecular weight excluding hydrogens is 253 g/mol. The molecule has 3 aromatic rings. The molecule has 0 aliphatic heterocycles. The summed E-state index contributed by atoms with van der Waals surface area (Å²) in [4.78, 5) is 4.65. The highest BCUT2D eigenvalue weighted by atomic mass is 19.1. The van der Waals surface area contributed by atoms with Crippen LogP contribution in [0.3, 0.4) is 0 Å². The van der Waals surface area contributed by atoms with Crippen LogP contribution in [0.2, 0.25) is 0 Å². The van der Waals surface area contributed by atoms with E-state index in [1.807, 2.05) is 25.2 Å². The molecule has 2 aromatic carbocycles. The minimum atomic E-state index is -0.216. The third-order valence-electron chi connectivity index (χ3n) is 3.55. The van der Waals surface area contributed by atoms with Gasteiger partial charge in [-0.15, -0.1) is 0 Å². The van der Waals surface area contributed by atoms with Gasteiger partial charge in [-0.3, -0.25) is 0 Å². The first kappa shape index (κ1) is 12.8. The van der Waals surface area contributed by atoms with Gasteiger partial charge in [0, 0.05) is 20.0 Å². The summed E-state index contributed by atoms with van der Waals surface area (Å²) in [6.07, 6.45) is 0.684. The van der Waals surface area contributed by atoms with Gasteiger partial charge in [0.05, 0.1) is 11.0 Å². The predicted molar refractivity (Wildman–Crippen MR) is 77.8 cm³/mol. The van der Waals surface area contributed by atoms with Crippen LogP contribution in [0, 0.1) is 5.82 Å². The number of halogens is 1. The monoisotopic (exact) mass is 269 g/mol. The van der Waals surface area contributed by atoms with Crippen LogP contribution in [-0.2, 0) is 20.0 Å². The van der Waals surface area contributed by atoms with E-state index >= 15 is 0 Å². The molecule has 102 valence electrons. The summed E-state index contributed by atoms with van der Waals surface area (Å²) in [7, 11) is 2.00. The van der Waals surface area contributed by atoms with E-state index < -0.39 is 0 Å². The molecule has 0 bridgehead atoms. The molecule has 0 spiro atoms. The SMILES string of the molecule is Cn1c(Cc2ccc(F)cc2)nc2cc(CN)ccc21. The topological polar surface area (TPSA) is 43.8 Å². The molecule has 0 saturated carbocycles. The molecule has 3 rings (SSSR count). The molecule has 0 aliphatic rings. The fraction of sp³-hybridized carbons (Fsp3) is 0.188.